The van der Waals surface area contributed by atoms with Gasteiger partial charge in [-0.25, -0.2) is 4.39 Å². The molecule has 1 aromatic carbocycles. The van der Waals surface area contributed by atoms with Gasteiger partial charge < -0.3 is 15.7 Å². The smallest absolute Gasteiger partial charge is 0.170 e. The summed E-state index contributed by atoms with van der Waals surface area (Å²) in [6.45, 7) is 4.26. The van der Waals surface area contributed by atoms with Crippen molar-refractivity contribution in [3.05, 3.63) is 35.1 Å². The van der Waals surface area contributed by atoms with E-state index in [-0.39, 0.29) is 11.9 Å². The summed E-state index contributed by atoms with van der Waals surface area (Å²) in [6.07, 6.45) is 1.01. The molecule has 0 radical (unpaired) electrons. The molecule has 3 N–H and O–H groups in total. The number of nitrogens with zero attached hydrogens (tertiary/aromatic N) is 1. The number of amidine groups is 1. The van der Waals surface area contributed by atoms with E-state index in [1.807, 2.05) is 13.8 Å². The van der Waals surface area contributed by atoms with E-state index in [1.165, 1.54) is 12.1 Å². The van der Waals surface area contributed by atoms with Crippen LogP contribution in [0.2, 0.25) is 0 Å². The minimum atomic E-state index is -0.433. The molecular weight excluding hydrogens is 223 g/mol. The zero-order valence-electron chi connectivity index (χ0n) is 9.98. The van der Waals surface area contributed by atoms with Crippen molar-refractivity contribution >= 4 is 5.84 Å². The molecular formula is C12H17FN2O2. The monoisotopic (exact) mass is 240 g/mol. The molecule has 0 spiro atoms. The lowest BCUT2D eigenvalue weighted by atomic mass is 10.1. The van der Waals surface area contributed by atoms with Gasteiger partial charge in [-0.1, -0.05) is 12.1 Å². The summed E-state index contributed by atoms with van der Waals surface area (Å²) >= 11 is 0. The first-order chi connectivity index (χ1) is 8.06. The van der Waals surface area contributed by atoms with Gasteiger partial charge in [0.25, 0.3) is 0 Å². The maximum absolute atomic E-state index is 13.3. The van der Waals surface area contributed by atoms with Crippen molar-refractivity contribution in [3.63, 3.8) is 0 Å². The Morgan fingerprint density at radius 3 is 2.82 bits per heavy atom. The van der Waals surface area contributed by atoms with Gasteiger partial charge in [-0.3, -0.25) is 0 Å². The lowest BCUT2D eigenvalue weighted by molar-refractivity contribution is 0.0507. The van der Waals surface area contributed by atoms with Crippen LogP contribution in [0.3, 0.4) is 0 Å². The lowest BCUT2D eigenvalue weighted by Crippen LogP contribution is -2.14. The van der Waals surface area contributed by atoms with E-state index < -0.39 is 5.82 Å². The summed E-state index contributed by atoms with van der Waals surface area (Å²) in [4.78, 5) is 0. The highest BCUT2D eigenvalue weighted by Crippen LogP contribution is 2.12. The van der Waals surface area contributed by atoms with Crippen molar-refractivity contribution in [2.24, 2.45) is 10.9 Å². The number of benzene rings is 1. The maximum Gasteiger partial charge on any atom is 0.170 e. The number of hydrogen-bond donors (Lipinski definition) is 2. The van der Waals surface area contributed by atoms with Crippen molar-refractivity contribution in [3.8, 4) is 0 Å². The fourth-order valence-electron chi connectivity index (χ4n) is 1.30. The standard InChI is InChI=1S/C12H17FN2O2/c1-3-8(2)17-7-9-4-10(12(14)15-16)6-11(13)5-9/h4-6,8,16H,3,7H2,1-2H3,(H2,14,15). The van der Waals surface area contributed by atoms with E-state index in [1.54, 1.807) is 6.07 Å². The molecule has 94 valence electrons. The number of rotatable bonds is 5. The first-order valence-corrected chi connectivity index (χ1v) is 5.45. The first kappa shape index (κ1) is 13.4. The summed E-state index contributed by atoms with van der Waals surface area (Å²) in [5.74, 6) is -0.550. The maximum atomic E-state index is 13.3. The Kier molecular flexibility index (Phi) is 4.90. The highest BCUT2D eigenvalue weighted by Gasteiger charge is 2.06. The van der Waals surface area contributed by atoms with E-state index in [2.05, 4.69) is 5.16 Å². The van der Waals surface area contributed by atoms with Gasteiger partial charge in [0.1, 0.15) is 5.82 Å². The molecule has 0 aliphatic rings. The quantitative estimate of drug-likeness (QED) is 0.359. The summed E-state index contributed by atoms with van der Waals surface area (Å²) in [5.41, 5.74) is 6.41. The number of oxime groups is 1. The Morgan fingerprint density at radius 2 is 2.24 bits per heavy atom. The minimum absolute atomic E-state index is 0.116. The molecule has 1 rings (SSSR count). The van der Waals surface area contributed by atoms with Crippen molar-refractivity contribution < 1.29 is 14.3 Å². The molecule has 0 aliphatic carbocycles. The van der Waals surface area contributed by atoms with E-state index >= 15 is 0 Å². The van der Waals surface area contributed by atoms with Crippen LogP contribution in [0.1, 0.15) is 31.4 Å². The molecule has 4 nitrogen and oxygen atoms in total. The highest BCUT2D eigenvalue weighted by atomic mass is 19.1. The average molecular weight is 240 g/mol. The minimum Gasteiger partial charge on any atom is -0.409 e. The molecule has 1 aromatic rings. The van der Waals surface area contributed by atoms with Crippen molar-refractivity contribution in [2.75, 3.05) is 0 Å². The third-order valence-electron chi connectivity index (χ3n) is 2.47. The molecule has 5 heteroatoms. The summed E-state index contributed by atoms with van der Waals surface area (Å²) < 4.78 is 18.8. The van der Waals surface area contributed by atoms with Crippen LogP contribution in [0.4, 0.5) is 4.39 Å². The molecule has 0 aromatic heterocycles. The van der Waals surface area contributed by atoms with Gasteiger partial charge in [0.15, 0.2) is 5.84 Å². The van der Waals surface area contributed by atoms with Crippen LogP contribution < -0.4 is 5.73 Å². The second-order valence-electron chi connectivity index (χ2n) is 3.86. The Bertz CT molecular complexity index is 407. The summed E-state index contributed by atoms with van der Waals surface area (Å²) in [7, 11) is 0. The lowest BCUT2D eigenvalue weighted by Gasteiger charge is -2.11. The van der Waals surface area contributed by atoms with Crippen LogP contribution in [0.15, 0.2) is 23.4 Å². The number of hydrogen-bond acceptors (Lipinski definition) is 3. The SMILES string of the molecule is CCC(C)OCc1cc(F)cc(/C(N)=N/O)c1. The molecule has 0 bridgehead atoms. The Hall–Kier alpha value is -1.62. The van der Waals surface area contributed by atoms with Gasteiger partial charge in [-0.15, -0.1) is 0 Å². The van der Waals surface area contributed by atoms with Gasteiger partial charge in [-0.05, 0) is 37.1 Å². The molecule has 0 amide bonds. The Labute approximate surface area is 99.9 Å². The van der Waals surface area contributed by atoms with E-state index in [9.17, 15) is 4.39 Å². The number of nitrogens with two attached hydrogens (primary N) is 1. The van der Waals surface area contributed by atoms with Crippen molar-refractivity contribution in [1.29, 1.82) is 0 Å². The van der Waals surface area contributed by atoms with Crippen LogP contribution in [0.25, 0.3) is 0 Å². The second kappa shape index (κ2) is 6.20. The molecule has 1 unspecified atom stereocenters. The Morgan fingerprint density at radius 1 is 1.53 bits per heavy atom. The molecule has 0 saturated heterocycles. The van der Waals surface area contributed by atoms with Gasteiger partial charge in [0.05, 0.1) is 12.7 Å². The largest absolute Gasteiger partial charge is 0.409 e. The van der Waals surface area contributed by atoms with Crippen LogP contribution >= 0.6 is 0 Å². The molecule has 0 saturated carbocycles. The average Bonchev–Trinajstić information content (AvgIpc) is 2.34. The zero-order valence-corrected chi connectivity index (χ0v) is 9.98. The number of ether oxygens (including phenoxy) is 1. The fraction of sp³-hybridized carbons (Fsp3) is 0.417. The van der Waals surface area contributed by atoms with Crippen molar-refractivity contribution in [2.45, 2.75) is 33.0 Å². The normalized spacial score (nSPS) is 13.7. The van der Waals surface area contributed by atoms with Crippen LogP contribution in [0, 0.1) is 5.82 Å². The van der Waals surface area contributed by atoms with E-state index in [0.29, 0.717) is 17.7 Å². The third kappa shape index (κ3) is 4.03. The molecule has 17 heavy (non-hydrogen) atoms. The third-order valence-corrected chi connectivity index (χ3v) is 2.47. The van der Waals surface area contributed by atoms with Crippen LogP contribution in [-0.4, -0.2) is 17.1 Å². The van der Waals surface area contributed by atoms with Crippen molar-refractivity contribution in [1.82, 2.24) is 0 Å². The predicted octanol–water partition coefficient (Wildman–Crippen LogP) is 2.24. The molecule has 0 fully saturated rings. The predicted molar refractivity (Wildman–Crippen MR) is 63.5 cm³/mol. The van der Waals surface area contributed by atoms with E-state index in [4.69, 9.17) is 15.7 Å². The van der Waals surface area contributed by atoms with Crippen LogP contribution in [0.5, 0.6) is 0 Å². The van der Waals surface area contributed by atoms with Crippen LogP contribution in [-0.2, 0) is 11.3 Å². The molecule has 0 heterocycles. The first-order valence-electron chi connectivity index (χ1n) is 5.45. The molecule has 1 atom stereocenters. The number of halogens is 1. The van der Waals surface area contributed by atoms with Gasteiger partial charge in [0, 0.05) is 5.56 Å². The van der Waals surface area contributed by atoms with Gasteiger partial charge in [-0.2, -0.15) is 0 Å². The topological polar surface area (TPSA) is 67.8 Å². The summed E-state index contributed by atoms with van der Waals surface area (Å²) in [5, 5.41) is 11.4. The Balaban J connectivity index is 2.83. The second-order valence-corrected chi connectivity index (χ2v) is 3.86. The molecule has 0 aliphatic heterocycles. The highest BCUT2D eigenvalue weighted by molar-refractivity contribution is 5.97. The summed E-state index contributed by atoms with van der Waals surface area (Å²) in [6, 6.07) is 4.22. The zero-order chi connectivity index (χ0) is 12.8. The van der Waals surface area contributed by atoms with Gasteiger partial charge in [0.2, 0.25) is 0 Å². The van der Waals surface area contributed by atoms with Gasteiger partial charge >= 0.3 is 0 Å². The fourth-order valence-corrected chi connectivity index (χ4v) is 1.30. The van der Waals surface area contributed by atoms with E-state index in [0.717, 1.165) is 6.42 Å².